The highest BCUT2D eigenvalue weighted by molar-refractivity contribution is 7.98. The van der Waals surface area contributed by atoms with E-state index in [-0.39, 0.29) is 22.8 Å². The number of hydrogen-bond donors (Lipinski definition) is 0. The molecule has 0 aromatic carbocycles. The predicted octanol–water partition coefficient (Wildman–Crippen LogP) is 2.44. The van der Waals surface area contributed by atoms with Crippen LogP contribution in [0.4, 0.5) is 10.2 Å². The summed E-state index contributed by atoms with van der Waals surface area (Å²) < 4.78 is 20.6. The van der Waals surface area contributed by atoms with Crippen LogP contribution in [0.3, 0.4) is 0 Å². The highest BCUT2D eigenvalue weighted by atomic mass is 35.5. The van der Waals surface area contributed by atoms with Crippen LogP contribution in [0.5, 0.6) is 5.88 Å². The fourth-order valence-electron chi connectivity index (χ4n) is 3.33. The normalized spacial score (nSPS) is 23.8. The van der Waals surface area contributed by atoms with E-state index >= 15 is 0 Å². The lowest BCUT2D eigenvalue weighted by atomic mass is 10.1. The van der Waals surface area contributed by atoms with Crippen molar-refractivity contribution in [1.29, 1.82) is 0 Å². The van der Waals surface area contributed by atoms with Gasteiger partial charge in [-0.15, -0.1) is 0 Å². The Morgan fingerprint density at radius 1 is 1.29 bits per heavy atom. The first-order valence-electron chi connectivity index (χ1n) is 7.72. The Labute approximate surface area is 148 Å². The Hall–Kier alpha value is -1.38. The molecule has 9 heteroatoms. The molecule has 4 rings (SSSR count). The molecule has 1 saturated heterocycles. The van der Waals surface area contributed by atoms with Gasteiger partial charge in [0.2, 0.25) is 5.88 Å². The number of thioether (sulfide) groups is 1. The second kappa shape index (κ2) is 5.86. The maximum atomic E-state index is 14.6. The lowest BCUT2D eigenvalue weighted by Gasteiger charge is -2.41. The molecule has 2 aliphatic rings. The van der Waals surface area contributed by atoms with E-state index in [2.05, 4.69) is 31.8 Å². The molecule has 4 heterocycles. The van der Waals surface area contributed by atoms with Crippen molar-refractivity contribution in [2.24, 2.45) is 0 Å². The van der Waals surface area contributed by atoms with E-state index in [0.717, 1.165) is 19.6 Å². The van der Waals surface area contributed by atoms with Gasteiger partial charge in [0.1, 0.15) is 22.8 Å². The van der Waals surface area contributed by atoms with Gasteiger partial charge in [-0.1, -0.05) is 23.4 Å². The van der Waals surface area contributed by atoms with Gasteiger partial charge >= 0.3 is 0 Å². The lowest BCUT2D eigenvalue weighted by molar-refractivity contribution is 0.140. The highest BCUT2D eigenvalue weighted by Crippen LogP contribution is 2.40. The van der Waals surface area contributed by atoms with Crippen molar-refractivity contribution in [2.75, 3.05) is 37.8 Å². The van der Waals surface area contributed by atoms with Crippen molar-refractivity contribution >= 4 is 40.1 Å². The first-order chi connectivity index (χ1) is 11.5. The first kappa shape index (κ1) is 16.1. The van der Waals surface area contributed by atoms with Gasteiger partial charge in [-0.2, -0.15) is 4.98 Å². The molecular formula is C15H17ClFN5OS. The van der Waals surface area contributed by atoms with Gasteiger partial charge in [0.15, 0.2) is 16.1 Å². The van der Waals surface area contributed by atoms with E-state index in [0.29, 0.717) is 22.2 Å². The number of rotatable bonds is 1. The summed E-state index contributed by atoms with van der Waals surface area (Å²) in [5.74, 6) is 0.367. The monoisotopic (exact) mass is 369 g/mol. The van der Waals surface area contributed by atoms with E-state index in [1.807, 2.05) is 13.2 Å². The van der Waals surface area contributed by atoms with E-state index < -0.39 is 5.82 Å². The van der Waals surface area contributed by atoms with Crippen molar-refractivity contribution in [3.05, 3.63) is 11.0 Å². The van der Waals surface area contributed by atoms with Crippen molar-refractivity contribution in [3.63, 3.8) is 0 Å². The van der Waals surface area contributed by atoms with Gasteiger partial charge in [-0.3, -0.25) is 0 Å². The van der Waals surface area contributed by atoms with Gasteiger partial charge in [0.25, 0.3) is 0 Å². The van der Waals surface area contributed by atoms with Crippen LogP contribution >= 0.6 is 23.4 Å². The van der Waals surface area contributed by atoms with Crippen LogP contribution in [0.1, 0.15) is 6.92 Å². The third-order valence-electron chi connectivity index (χ3n) is 4.59. The zero-order valence-electron chi connectivity index (χ0n) is 13.6. The number of piperazine rings is 1. The van der Waals surface area contributed by atoms with Crippen LogP contribution < -0.4 is 9.64 Å². The van der Waals surface area contributed by atoms with Crippen LogP contribution in [0.25, 0.3) is 10.9 Å². The minimum atomic E-state index is -0.627. The molecule has 0 amide bonds. The third kappa shape index (κ3) is 2.39. The first-order valence-corrected chi connectivity index (χ1v) is 9.32. The molecule has 0 saturated carbocycles. The van der Waals surface area contributed by atoms with E-state index in [1.54, 1.807) is 0 Å². The van der Waals surface area contributed by atoms with Gasteiger partial charge in [-0.05, 0) is 20.2 Å². The zero-order valence-corrected chi connectivity index (χ0v) is 15.2. The number of aromatic nitrogens is 3. The Morgan fingerprint density at radius 2 is 2.08 bits per heavy atom. The molecule has 0 bridgehead atoms. The smallest absolute Gasteiger partial charge is 0.228 e. The number of halogens is 2. The Morgan fingerprint density at radius 3 is 2.83 bits per heavy atom. The average Bonchev–Trinajstić information content (AvgIpc) is 2.68. The summed E-state index contributed by atoms with van der Waals surface area (Å²) in [5, 5.41) is 0.795. The minimum Gasteiger partial charge on any atom is -0.472 e. The molecule has 0 unspecified atom stereocenters. The molecule has 2 aliphatic heterocycles. The van der Waals surface area contributed by atoms with Gasteiger partial charge in [-0.25, -0.2) is 14.4 Å². The summed E-state index contributed by atoms with van der Waals surface area (Å²) in [4.78, 5) is 17.5. The molecule has 1 fully saturated rings. The molecule has 0 spiro atoms. The van der Waals surface area contributed by atoms with E-state index in [4.69, 9.17) is 16.3 Å². The second-order valence-electron chi connectivity index (χ2n) is 6.13. The second-order valence-corrected chi connectivity index (χ2v) is 7.26. The van der Waals surface area contributed by atoms with Crippen LogP contribution in [0, 0.1) is 5.82 Å². The predicted molar refractivity (Wildman–Crippen MR) is 92.8 cm³/mol. The standard InChI is InChI=1S/C15H17ClFN5OS/c1-7-8-6-21(2)4-5-22(8)13-9-11(18-15(20-13)24-3)10(17)12(16)19-14(9)23-7/h7-8H,4-6H2,1-3H3/t7-,8-/m0/s1. The average molecular weight is 370 g/mol. The lowest BCUT2D eigenvalue weighted by Crippen LogP contribution is -2.57. The largest absolute Gasteiger partial charge is 0.472 e. The summed E-state index contributed by atoms with van der Waals surface area (Å²) in [7, 11) is 2.08. The molecule has 128 valence electrons. The van der Waals surface area contributed by atoms with E-state index in [9.17, 15) is 4.39 Å². The summed E-state index contributed by atoms with van der Waals surface area (Å²) in [6.07, 6.45) is 1.74. The van der Waals surface area contributed by atoms with Crippen LogP contribution in [-0.4, -0.2) is 64.9 Å². The number of nitrogens with zero attached hydrogens (tertiary/aromatic N) is 5. The fraction of sp³-hybridized carbons (Fsp3) is 0.533. The number of fused-ring (bicyclic) bond motifs is 2. The van der Waals surface area contributed by atoms with Crippen LogP contribution in [0.15, 0.2) is 5.16 Å². The third-order valence-corrected chi connectivity index (χ3v) is 5.39. The fourth-order valence-corrected chi connectivity index (χ4v) is 3.86. The maximum absolute atomic E-state index is 14.6. The SMILES string of the molecule is CSc1nc2c3c(nc(Cl)c(F)c3n1)O[C@@H](C)[C@@H]1CN(C)CCN21. The molecule has 2 atom stereocenters. The van der Waals surface area contributed by atoms with Crippen molar-refractivity contribution in [2.45, 2.75) is 24.2 Å². The highest BCUT2D eigenvalue weighted by Gasteiger charge is 2.38. The Balaban J connectivity index is 2.02. The molecule has 6 nitrogen and oxygen atoms in total. The maximum Gasteiger partial charge on any atom is 0.228 e. The summed E-state index contributed by atoms with van der Waals surface area (Å²) in [6.45, 7) is 4.53. The Bertz CT molecular complexity index is 822. The number of hydrogen-bond acceptors (Lipinski definition) is 7. The summed E-state index contributed by atoms with van der Waals surface area (Å²) in [6, 6.07) is 0.104. The quantitative estimate of drug-likeness (QED) is 0.434. The number of anilines is 1. The minimum absolute atomic E-state index is 0.104. The van der Waals surface area contributed by atoms with Crippen molar-refractivity contribution < 1.29 is 9.13 Å². The number of likely N-dealkylation sites (N-methyl/N-ethyl adjacent to an activating group) is 1. The molecule has 2 aromatic rings. The van der Waals surface area contributed by atoms with Gasteiger partial charge in [0, 0.05) is 19.6 Å². The van der Waals surface area contributed by atoms with Crippen molar-refractivity contribution in [3.8, 4) is 5.88 Å². The molecule has 0 radical (unpaired) electrons. The molecular weight excluding hydrogens is 353 g/mol. The van der Waals surface area contributed by atoms with E-state index in [1.165, 1.54) is 11.8 Å². The van der Waals surface area contributed by atoms with Crippen LogP contribution in [-0.2, 0) is 0 Å². The molecule has 24 heavy (non-hydrogen) atoms. The number of ether oxygens (including phenoxy) is 1. The number of pyridine rings is 1. The summed E-state index contributed by atoms with van der Waals surface area (Å²) in [5.41, 5.74) is 0.172. The summed E-state index contributed by atoms with van der Waals surface area (Å²) >= 11 is 7.34. The zero-order chi connectivity index (χ0) is 17.0. The Kier molecular flexibility index (Phi) is 3.93. The van der Waals surface area contributed by atoms with Gasteiger partial charge in [0.05, 0.1) is 6.04 Å². The molecule has 0 N–H and O–H groups in total. The molecule has 0 aliphatic carbocycles. The molecule has 2 aromatic heterocycles. The van der Waals surface area contributed by atoms with Gasteiger partial charge < -0.3 is 14.5 Å². The van der Waals surface area contributed by atoms with Crippen LogP contribution in [0.2, 0.25) is 5.15 Å². The topological polar surface area (TPSA) is 54.4 Å². The van der Waals surface area contributed by atoms with Crippen molar-refractivity contribution in [1.82, 2.24) is 19.9 Å².